The second-order valence-corrected chi connectivity index (χ2v) is 5.83. The summed E-state index contributed by atoms with van der Waals surface area (Å²) in [5.74, 6) is -0.783. The second kappa shape index (κ2) is 9.36. The van der Waals surface area contributed by atoms with Gasteiger partial charge in [-0.05, 0) is 31.5 Å². The zero-order valence-electron chi connectivity index (χ0n) is 15.6. The summed E-state index contributed by atoms with van der Waals surface area (Å²) in [6.45, 7) is 2.59. The van der Waals surface area contributed by atoms with Gasteiger partial charge in [0.05, 0.1) is 12.0 Å². The molecular weight excluding hydrogens is 368 g/mol. The lowest BCUT2D eigenvalue weighted by molar-refractivity contribution is -0.385. The summed E-state index contributed by atoms with van der Waals surface area (Å²) in [6, 6.07) is 11.4. The Kier molecular flexibility index (Phi) is 6.91. The lowest BCUT2D eigenvalue weighted by atomic mass is 10.1. The summed E-state index contributed by atoms with van der Waals surface area (Å²) in [4.78, 5) is 34.5. The molecule has 148 valence electrons. The predicted molar refractivity (Wildman–Crippen MR) is 101 cm³/mol. The van der Waals surface area contributed by atoms with E-state index in [0.717, 1.165) is 0 Å². The van der Waals surface area contributed by atoms with Crippen LogP contribution in [0.4, 0.5) is 11.4 Å². The van der Waals surface area contributed by atoms with Crippen LogP contribution in [0.2, 0.25) is 0 Å². The van der Waals surface area contributed by atoms with E-state index in [0.29, 0.717) is 17.0 Å². The Morgan fingerprint density at radius 3 is 2.50 bits per heavy atom. The molecule has 0 unspecified atom stereocenters. The summed E-state index contributed by atoms with van der Waals surface area (Å²) in [7, 11) is 1.29. The Morgan fingerprint density at radius 1 is 1.21 bits per heavy atom. The first-order chi connectivity index (χ1) is 13.3. The van der Waals surface area contributed by atoms with E-state index in [1.54, 1.807) is 31.2 Å². The van der Waals surface area contributed by atoms with Crippen LogP contribution in [0.3, 0.4) is 0 Å². The van der Waals surface area contributed by atoms with Gasteiger partial charge in [0.2, 0.25) is 0 Å². The highest BCUT2D eigenvalue weighted by Gasteiger charge is 2.20. The number of benzene rings is 2. The molecular formula is C19H20N2O7. The van der Waals surface area contributed by atoms with Crippen molar-refractivity contribution >= 4 is 23.3 Å². The molecule has 1 N–H and O–H groups in total. The standard InChI is InChI=1S/C19H20N2O7/c1-12-9-16(21(24)25)17(26-3)10-15(12)20-18(22)11-27-19(23)13(2)28-14-7-5-4-6-8-14/h4-10,13H,11H2,1-3H3,(H,20,22)/t13-/m1/s1. The molecule has 0 spiro atoms. The van der Waals surface area contributed by atoms with Gasteiger partial charge in [0.25, 0.3) is 5.91 Å². The van der Waals surface area contributed by atoms with Crippen LogP contribution in [-0.4, -0.2) is 36.6 Å². The molecule has 0 radical (unpaired) electrons. The fraction of sp³-hybridized carbons (Fsp3) is 0.263. The molecule has 2 rings (SSSR count). The van der Waals surface area contributed by atoms with Crippen LogP contribution in [0.25, 0.3) is 0 Å². The molecule has 2 aromatic carbocycles. The third-order valence-electron chi connectivity index (χ3n) is 3.73. The molecule has 0 aromatic heterocycles. The molecule has 0 fully saturated rings. The van der Waals surface area contributed by atoms with Gasteiger partial charge in [0.1, 0.15) is 5.75 Å². The molecule has 0 saturated heterocycles. The number of amides is 1. The van der Waals surface area contributed by atoms with Crippen molar-refractivity contribution in [3.8, 4) is 11.5 Å². The number of hydrogen-bond acceptors (Lipinski definition) is 7. The van der Waals surface area contributed by atoms with Gasteiger partial charge in [0.15, 0.2) is 18.5 Å². The molecule has 1 atom stereocenters. The molecule has 0 saturated carbocycles. The largest absolute Gasteiger partial charge is 0.490 e. The first-order valence-electron chi connectivity index (χ1n) is 8.33. The monoisotopic (exact) mass is 388 g/mol. The normalized spacial score (nSPS) is 11.2. The van der Waals surface area contributed by atoms with E-state index in [1.807, 2.05) is 6.07 Å². The second-order valence-electron chi connectivity index (χ2n) is 5.83. The molecule has 0 bridgehead atoms. The van der Waals surface area contributed by atoms with E-state index in [1.165, 1.54) is 26.2 Å². The van der Waals surface area contributed by atoms with Gasteiger partial charge < -0.3 is 19.5 Å². The Hall–Kier alpha value is -3.62. The summed E-state index contributed by atoms with van der Waals surface area (Å²) >= 11 is 0. The van der Waals surface area contributed by atoms with Crippen molar-refractivity contribution in [2.24, 2.45) is 0 Å². The number of hydrogen-bond donors (Lipinski definition) is 1. The van der Waals surface area contributed by atoms with Crippen LogP contribution in [0, 0.1) is 17.0 Å². The minimum Gasteiger partial charge on any atom is -0.490 e. The quantitative estimate of drug-likeness (QED) is 0.420. The average Bonchev–Trinajstić information content (AvgIpc) is 2.67. The van der Waals surface area contributed by atoms with Gasteiger partial charge >= 0.3 is 11.7 Å². The van der Waals surface area contributed by atoms with Crippen molar-refractivity contribution < 1.29 is 28.7 Å². The highest BCUT2D eigenvalue weighted by atomic mass is 16.6. The fourth-order valence-electron chi connectivity index (χ4n) is 2.31. The lowest BCUT2D eigenvalue weighted by Crippen LogP contribution is -2.29. The Morgan fingerprint density at radius 2 is 1.89 bits per heavy atom. The third-order valence-corrected chi connectivity index (χ3v) is 3.73. The summed E-state index contributed by atoms with van der Waals surface area (Å²) in [5.41, 5.74) is 0.571. The summed E-state index contributed by atoms with van der Waals surface area (Å²) in [5, 5.41) is 13.5. The van der Waals surface area contributed by atoms with Gasteiger partial charge in [-0.15, -0.1) is 0 Å². The smallest absolute Gasteiger partial charge is 0.347 e. The van der Waals surface area contributed by atoms with Crippen LogP contribution < -0.4 is 14.8 Å². The molecule has 9 heteroatoms. The maximum Gasteiger partial charge on any atom is 0.347 e. The van der Waals surface area contributed by atoms with Gasteiger partial charge in [-0.3, -0.25) is 14.9 Å². The molecule has 0 aliphatic carbocycles. The molecule has 2 aromatic rings. The van der Waals surface area contributed by atoms with Crippen molar-refractivity contribution in [2.75, 3.05) is 19.0 Å². The van der Waals surface area contributed by atoms with Crippen molar-refractivity contribution in [1.29, 1.82) is 0 Å². The van der Waals surface area contributed by atoms with Gasteiger partial charge in [-0.2, -0.15) is 0 Å². The number of methoxy groups -OCH3 is 1. The Bertz CT molecular complexity index is 868. The van der Waals surface area contributed by atoms with Crippen LogP contribution in [0.5, 0.6) is 11.5 Å². The number of nitro benzene ring substituents is 1. The number of carbonyl (C=O) groups excluding carboxylic acids is 2. The number of esters is 1. The van der Waals surface area contributed by atoms with E-state index >= 15 is 0 Å². The van der Waals surface area contributed by atoms with Crippen molar-refractivity contribution in [2.45, 2.75) is 20.0 Å². The number of rotatable bonds is 8. The molecule has 0 aliphatic rings. The van der Waals surface area contributed by atoms with E-state index in [9.17, 15) is 19.7 Å². The van der Waals surface area contributed by atoms with Gasteiger partial charge in [-0.1, -0.05) is 18.2 Å². The number of anilines is 1. The maximum atomic E-state index is 12.1. The number of nitrogens with one attached hydrogen (secondary N) is 1. The molecule has 28 heavy (non-hydrogen) atoms. The number of nitrogens with zero attached hydrogens (tertiary/aromatic N) is 1. The topological polar surface area (TPSA) is 117 Å². The van der Waals surface area contributed by atoms with Crippen molar-refractivity contribution in [3.05, 3.63) is 58.1 Å². The van der Waals surface area contributed by atoms with Gasteiger partial charge in [-0.25, -0.2) is 4.79 Å². The number of para-hydroxylation sites is 1. The highest BCUT2D eigenvalue weighted by molar-refractivity contribution is 5.94. The van der Waals surface area contributed by atoms with E-state index in [4.69, 9.17) is 14.2 Å². The van der Waals surface area contributed by atoms with E-state index in [-0.39, 0.29) is 11.4 Å². The number of nitro groups is 1. The first kappa shape index (κ1) is 20.7. The van der Waals surface area contributed by atoms with Gasteiger partial charge in [0, 0.05) is 17.8 Å². The minimum absolute atomic E-state index is 0.00720. The number of ether oxygens (including phenoxy) is 3. The molecule has 0 aliphatic heterocycles. The van der Waals surface area contributed by atoms with Crippen molar-refractivity contribution in [1.82, 2.24) is 0 Å². The zero-order valence-corrected chi connectivity index (χ0v) is 15.6. The highest BCUT2D eigenvalue weighted by Crippen LogP contribution is 2.32. The summed E-state index contributed by atoms with van der Waals surface area (Å²) in [6.07, 6.45) is -0.892. The molecule has 1 amide bonds. The van der Waals surface area contributed by atoms with Crippen LogP contribution in [-0.2, 0) is 14.3 Å². The zero-order chi connectivity index (χ0) is 20.7. The molecule has 0 heterocycles. The third kappa shape index (κ3) is 5.44. The Balaban J connectivity index is 1.93. The number of aryl methyl sites for hydroxylation is 1. The van der Waals surface area contributed by atoms with Crippen LogP contribution in [0.15, 0.2) is 42.5 Å². The molecule has 9 nitrogen and oxygen atoms in total. The lowest BCUT2D eigenvalue weighted by Gasteiger charge is -2.14. The van der Waals surface area contributed by atoms with Crippen LogP contribution >= 0.6 is 0 Å². The Labute approximate surface area is 161 Å². The number of carbonyl (C=O) groups is 2. The summed E-state index contributed by atoms with van der Waals surface area (Å²) < 4.78 is 15.4. The van der Waals surface area contributed by atoms with Crippen LogP contribution in [0.1, 0.15) is 12.5 Å². The van der Waals surface area contributed by atoms with Crippen molar-refractivity contribution in [3.63, 3.8) is 0 Å². The average molecular weight is 388 g/mol. The maximum absolute atomic E-state index is 12.1. The van der Waals surface area contributed by atoms with E-state index in [2.05, 4.69) is 5.32 Å². The SMILES string of the molecule is COc1cc(NC(=O)COC(=O)[C@@H](C)Oc2ccccc2)c(C)cc1[N+](=O)[O-]. The minimum atomic E-state index is -0.892. The van der Waals surface area contributed by atoms with E-state index < -0.39 is 29.5 Å². The predicted octanol–water partition coefficient (Wildman–Crippen LogP) is 2.86. The fourth-order valence-corrected chi connectivity index (χ4v) is 2.31. The first-order valence-corrected chi connectivity index (χ1v) is 8.33.